The van der Waals surface area contributed by atoms with Gasteiger partial charge in [0, 0.05) is 5.92 Å². The van der Waals surface area contributed by atoms with Gasteiger partial charge in [0.05, 0.1) is 0 Å². The third kappa shape index (κ3) is 1.80. The minimum Gasteiger partial charge on any atom is -0.265 e. The first kappa shape index (κ1) is 9.97. The fraction of sp³-hybridized carbons (Fsp3) is 0.500. The molecule has 0 unspecified atom stereocenters. The Bertz CT molecular complexity index is 364. The summed E-state index contributed by atoms with van der Waals surface area (Å²) in [7, 11) is 0. The van der Waals surface area contributed by atoms with Crippen molar-refractivity contribution in [2.75, 3.05) is 5.65 Å². The SMILES string of the molecule is CC(C)c1nnc(S)n(NF)c1=O. The lowest BCUT2D eigenvalue weighted by Gasteiger charge is -2.06. The molecular weight excluding hydrogens is 195 g/mol. The summed E-state index contributed by atoms with van der Waals surface area (Å²) in [5.41, 5.74) is 0.809. The molecule has 0 fully saturated rings. The zero-order valence-electron chi connectivity index (χ0n) is 7.15. The molecule has 0 saturated carbocycles. The molecule has 1 N–H and O–H groups in total. The molecule has 7 heteroatoms. The van der Waals surface area contributed by atoms with Crippen molar-refractivity contribution in [2.45, 2.75) is 24.9 Å². The Kier molecular flexibility index (Phi) is 2.86. The maximum Gasteiger partial charge on any atom is 0.297 e. The number of halogens is 1. The van der Waals surface area contributed by atoms with Crippen LogP contribution in [0.1, 0.15) is 25.5 Å². The quantitative estimate of drug-likeness (QED) is 0.543. The summed E-state index contributed by atoms with van der Waals surface area (Å²) in [4.78, 5) is 11.4. The average molecular weight is 204 g/mol. The van der Waals surface area contributed by atoms with Gasteiger partial charge in [0.25, 0.3) is 5.56 Å². The number of nitrogens with zero attached hydrogens (tertiary/aromatic N) is 3. The first-order valence-electron chi connectivity index (χ1n) is 3.63. The van der Waals surface area contributed by atoms with Crippen LogP contribution < -0.4 is 11.2 Å². The largest absolute Gasteiger partial charge is 0.297 e. The molecular formula is C6H9FN4OS. The normalized spacial score (nSPS) is 10.5. The summed E-state index contributed by atoms with van der Waals surface area (Å²) < 4.78 is 12.7. The molecule has 1 aromatic rings. The molecule has 0 aliphatic heterocycles. The van der Waals surface area contributed by atoms with E-state index in [2.05, 4.69) is 22.8 Å². The first-order chi connectivity index (χ1) is 6.07. The highest BCUT2D eigenvalue weighted by Crippen LogP contribution is 2.05. The van der Waals surface area contributed by atoms with Crippen LogP contribution in [0, 0.1) is 0 Å². The van der Waals surface area contributed by atoms with E-state index in [9.17, 15) is 9.28 Å². The fourth-order valence-electron chi connectivity index (χ4n) is 0.830. The zero-order valence-corrected chi connectivity index (χ0v) is 8.05. The molecule has 0 saturated heterocycles. The van der Waals surface area contributed by atoms with Crippen molar-refractivity contribution in [2.24, 2.45) is 0 Å². The maximum absolute atomic E-state index is 12.1. The number of hydrogen-bond acceptors (Lipinski definition) is 5. The number of nitrogens with one attached hydrogen (secondary N) is 1. The van der Waals surface area contributed by atoms with Gasteiger partial charge in [0.1, 0.15) is 5.69 Å². The Morgan fingerprint density at radius 3 is 2.62 bits per heavy atom. The lowest BCUT2D eigenvalue weighted by Crippen LogP contribution is -2.31. The van der Waals surface area contributed by atoms with Gasteiger partial charge in [-0.25, -0.2) is 0 Å². The lowest BCUT2D eigenvalue weighted by molar-refractivity contribution is 0.450. The predicted octanol–water partition coefficient (Wildman–Crippen LogP) is 0.478. The fourth-order valence-corrected chi connectivity index (χ4v) is 1.00. The van der Waals surface area contributed by atoms with Crippen molar-refractivity contribution in [3.05, 3.63) is 16.0 Å². The second-order valence-corrected chi connectivity index (χ2v) is 3.17. The van der Waals surface area contributed by atoms with Gasteiger partial charge in [-0.15, -0.1) is 22.8 Å². The Morgan fingerprint density at radius 2 is 2.15 bits per heavy atom. The Balaban J connectivity index is 3.37. The van der Waals surface area contributed by atoms with Gasteiger partial charge >= 0.3 is 0 Å². The van der Waals surface area contributed by atoms with E-state index in [0.29, 0.717) is 4.68 Å². The molecule has 72 valence electrons. The van der Waals surface area contributed by atoms with E-state index in [4.69, 9.17) is 0 Å². The third-order valence-corrected chi connectivity index (χ3v) is 1.79. The number of thiol groups is 1. The lowest BCUT2D eigenvalue weighted by atomic mass is 10.1. The van der Waals surface area contributed by atoms with Crippen molar-refractivity contribution in [1.82, 2.24) is 14.9 Å². The summed E-state index contributed by atoms with van der Waals surface area (Å²) >= 11 is 3.75. The van der Waals surface area contributed by atoms with Crippen LogP contribution in [0.2, 0.25) is 0 Å². The predicted molar refractivity (Wildman–Crippen MR) is 48.1 cm³/mol. The van der Waals surface area contributed by atoms with Crippen molar-refractivity contribution in [3.63, 3.8) is 0 Å². The molecule has 0 atom stereocenters. The molecule has 1 heterocycles. The highest BCUT2D eigenvalue weighted by molar-refractivity contribution is 7.80. The van der Waals surface area contributed by atoms with Gasteiger partial charge in [-0.3, -0.25) is 4.79 Å². The molecule has 1 aromatic heterocycles. The van der Waals surface area contributed by atoms with Gasteiger partial charge < -0.3 is 0 Å². The maximum atomic E-state index is 12.1. The van der Waals surface area contributed by atoms with Crippen molar-refractivity contribution >= 4 is 12.6 Å². The Hall–Kier alpha value is -1.11. The van der Waals surface area contributed by atoms with E-state index in [-0.39, 0.29) is 16.8 Å². The van der Waals surface area contributed by atoms with Gasteiger partial charge in [0.15, 0.2) is 0 Å². The number of hydrogen-bond donors (Lipinski definition) is 2. The molecule has 1 rings (SSSR count). The molecule has 0 amide bonds. The van der Waals surface area contributed by atoms with Gasteiger partial charge in [-0.05, 0) is 0 Å². The van der Waals surface area contributed by atoms with Crippen molar-refractivity contribution < 1.29 is 4.48 Å². The van der Waals surface area contributed by atoms with Gasteiger partial charge in [0.2, 0.25) is 5.16 Å². The standard InChI is InChI=1S/C6H9FN4OS/c1-3(2)4-5(12)11(10-7)6(13)9-8-4/h3,10H,1-2H3,(H,9,13). The highest BCUT2D eigenvalue weighted by Gasteiger charge is 2.12. The summed E-state index contributed by atoms with van der Waals surface area (Å²) in [5.74, 6) is -0.103. The van der Waals surface area contributed by atoms with E-state index in [1.54, 1.807) is 13.8 Å². The van der Waals surface area contributed by atoms with Crippen LogP contribution in [-0.2, 0) is 0 Å². The van der Waals surface area contributed by atoms with Crippen LogP contribution >= 0.6 is 12.6 Å². The third-order valence-electron chi connectivity index (χ3n) is 1.50. The van der Waals surface area contributed by atoms with E-state index < -0.39 is 5.56 Å². The van der Waals surface area contributed by atoms with Crippen LogP contribution in [0.3, 0.4) is 0 Å². The highest BCUT2D eigenvalue weighted by atomic mass is 32.1. The first-order valence-corrected chi connectivity index (χ1v) is 4.08. The second kappa shape index (κ2) is 3.73. The van der Waals surface area contributed by atoms with Crippen molar-refractivity contribution in [1.29, 1.82) is 0 Å². The number of aromatic nitrogens is 3. The summed E-state index contributed by atoms with van der Waals surface area (Å²) in [5, 5.41) is 7.01. The molecule has 0 aliphatic rings. The van der Waals surface area contributed by atoms with E-state index in [1.165, 1.54) is 5.65 Å². The van der Waals surface area contributed by atoms with Gasteiger partial charge in [-0.1, -0.05) is 18.3 Å². The van der Waals surface area contributed by atoms with Crippen LogP contribution in [0.15, 0.2) is 9.95 Å². The monoisotopic (exact) mass is 204 g/mol. The molecule has 5 nitrogen and oxygen atoms in total. The Morgan fingerprint density at radius 1 is 1.54 bits per heavy atom. The molecule has 13 heavy (non-hydrogen) atoms. The average Bonchev–Trinajstić information content (AvgIpc) is 2.04. The minimum absolute atomic E-state index is 0.103. The topological polar surface area (TPSA) is 59.8 Å². The molecule has 0 spiro atoms. The summed E-state index contributed by atoms with van der Waals surface area (Å²) in [6, 6.07) is 0. The van der Waals surface area contributed by atoms with Gasteiger partial charge in [-0.2, -0.15) is 10.3 Å². The zero-order chi connectivity index (χ0) is 10.0. The number of rotatable bonds is 2. The molecule has 0 aliphatic carbocycles. The summed E-state index contributed by atoms with van der Waals surface area (Å²) in [6.07, 6.45) is 0. The Labute approximate surface area is 79.3 Å². The van der Waals surface area contributed by atoms with Crippen molar-refractivity contribution in [3.8, 4) is 0 Å². The van der Waals surface area contributed by atoms with Crippen LogP contribution in [0.4, 0.5) is 4.48 Å². The van der Waals surface area contributed by atoms with Crippen LogP contribution in [0.25, 0.3) is 0 Å². The van der Waals surface area contributed by atoms with E-state index in [0.717, 1.165) is 0 Å². The van der Waals surface area contributed by atoms with E-state index >= 15 is 0 Å². The van der Waals surface area contributed by atoms with Crippen LogP contribution in [-0.4, -0.2) is 14.9 Å². The molecule has 0 radical (unpaired) electrons. The minimum atomic E-state index is -0.572. The molecule has 0 bridgehead atoms. The molecule has 0 aromatic carbocycles. The summed E-state index contributed by atoms with van der Waals surface area (Å²) in [6.45, 7) is 3.54. The second-order valence-electron chi connectivity index (χ2n) is 2.77. The van der Waals surface area contributed by atoms with Crippen LogP contribution in [0.5, 0.6) is 0 Å². The smallest absolute Gasteiger partial charge is 0.265 e. The van der Waals surface area contributed by atoms with E-state index in [1.807, 2.05) is 0 Å².